The van der Waals surface area contributed by atoms with Crippen LogP contribution in [0.3, 0.4) is 0 Å². The SMILES string of the molecule is COc1ccc(CCNC(=O)c2cc(C(=O)NCc3cccnc3)ccn2)cc1. The van der Waals surface area contributed by atoms with Gasteiger partial charge in [0, 0.05) is 37.2 Å². The molecule has 2 amide bonds. The van der Waals surface area contributed by atoms with E-state index in [2.05, 4.69) is 20.6 Å². The number of ether oxygens (including phenoxy) is 1. The van der Waals surface area contributed by atoms with Crippen molar-refractivity contribution < 1.29 is 14.3 Å². The summed E-state index contributed by atoms with van der Waals surface area (Å²) in [7, 11) is 1.62. The quantitative estimate of drug-likeness (QED) is 0.616. The molecule has 2 N–H and O–H groups in total. The number of pyridine rings is 2. The zero-order valence-electron chi connectivity index (χ0n) is 16.1. The number of carbonyl (C=O) groups is 2. The van der Waals surface area contributed by atoms with Crippen LogP contribution in [0.5, 0.6) is 5.75 Å². The molecule has 0 spiro atoms. The highest BCUT2D eigenvalue weighted by atomic mass is 16.5. The monoisotopic (exact) mass is 390 g/mol. The molecule has 0 aliphatic rings. The normalized spacial score (nSPS) is 10.2. The molecule has 2 aromatic heterocycles. The summed E-state index contributed by atoms with van der Waals surface area (Å²) in [5.41, 5.74) is 2.56. The van der Waals surface area contributed by atoms with Gasteiger partial charge >= 0.3 is 0 Å². The van der Waals surface area contributed by atoms with Gasteiger partial charge in [0.25, 0.3) is 11.8 Å². The Labute approximate surface area is 169 Å². The topological polar surface area (TPSA) is 93.2 Å². The minimum Gasteiger partial charge on any atom is -0.497 e. The molecule has 1 aromatic carbocycles. The Bertz CT molecular complexity index is 959. The summed E-state index contributed by atoms with van der Waals surface area (Å²) in [5.74, 6) is 0.199. The van der Waals surface area contributed by atoms with Crippen molar-refractivity contribution in [3.63, 3.8) is 0 Å². The van der Waals surface area contributed by atoms with E-state index in [0.717, 1.165) is 16.9 Å². The van der Waals surface area contributed by atoms with Crippen LogP contribution in [-0.2, 0) is 13.0 Å². The van der Waals surface area contributed by atoms with E-state index in [9.17, 15) is 9.59 Å². The van der Waals surface area contributed by atoms with Crippen LogP contribution in [0.2, 0.25) is 0 Å². The van der Waals surface area contributed by atoms with Gasteiger partial charge in [-0.25, -0.2) is 0 Å². The third-order valence-corrected chi connectivity index (χ3v) is 4.29. The lowest BCUT2D eigenvalue weighted by molar-refractivity contribution is 0.0949. The number of methoxy groups -OCH3 is 1. The Morgan fingerprint density at radius 2 is 1.79 bits per heavy atom. The summed E-state index contributed by atoms with van der Waals surface area (Å²) in [4.78, 5) is 32.8. The number of benzene rings is 1. The summed E-state index contributed by atoms with van der Waals surface area (Å²) in [6, 6.07) is 14.4. The molecule has 3 rings (SSSR count). The third-order valence-electron chi connectivity index (χ3n) is 4.29. The van der Waals surface area contributed by atoms with E-state index in [1.54, 1.807) is 25.6 Å². The fourth-order valence-electron chi connectivity index (χ4n) is 2.69. The van der Waals surface area contributed by atoms with Gasteiger partial charge in [0.05, 0.1) is 7.11 Å². The molecule has 7 nitrogen and oxygen atoms in total. The largest absolute Gasteiger partial charge is 0.497 e. The molecule has 7 heteroatoms. The second-order valence-corrected chi connectivity index (χ2v) is 6.33. The van der Waals surface area contributed by atoms with E-state index in [1.807, 2.05) is 36.4 Å². The first-order chi connectivity index (χ1) is 14.2. The maximum atomic E-state index is 12.4. The molecular weight excluding hydrogens is 368 g/mol. The predicted molar refractivity (Wildman–Crippen MR) is 109 cm³/mol. The molecule has 0 aliphatic carbocycles. The van der Waals surface area contributed by atoms with Gasteiger partial charge in [-0.05, 0) is 47.9 Å². The zero-order valence-corrected chi connectivity index (χ0v) is 16.1. The van der Waals surface area contributed by atoms with Crippen molar-refractivity contribution in [3.8, 4) is 5.75 Å². The number of amides is 2. The molecule has 0 bridgehead atoms. The fourth-order valence-corrected chi connectivity index (χ4v) is 2.69. The van der Waals surface area contributed by atoms with Gasteiger partial charge < -0.3 is 15.4 Å². The minimum atomic E-state index is -0.319. The van der Waals surface area contributed by atoms with Gasteiger partial charge in [0.2, 0.25) is 0 Å². The highest BCUT2D eigenvalue weighted by Crippen LogP contribution is 2.11. The van der Waals surface area contributed by atoms with Crippen molar-refractivity contribution >= 4 is 11.8 Å². The first kappa shape index (κ1) is 20.0. The highest BCUT2D eigenvalue weighted by Gasteiger charge is 2.11. The summed E-state index contributed by atoms with van der Waals surface area (Å²) in [6.07, 6.45) is 5.50. The number of nitrogens with one attached hydrogen (secondary N) is 2. The Balaban J connectivity index is 1.52. The number of nitrogens with zero attached hydrogens (tertiary/aromatic N) is 2. The van der Waals surface area contributed by atoms with Gasteiger partial charge in [0.15, 0.2) is 0 Å². The molecule has 2 heterocycles. The van der Waals surface area contributed by atoms with Crippen LogP contribution < -0.4 is 15.4 Å². The number of rotatable bonds is 8. The molecule has 0 unspecified atom stereocenters. The van der Waals surface area contributed by atoms with E-state index in [4.69, 9.17) is 4.74 Å². The van der Waals surface area contributed by atoms with Crippen molar-refractivity contribution in [2.75, 3.05) is 13.7 Å². The van der Waals surface area contributed by atoms with Crippen LogP contribution in [0.15, 0.2) is 67.1 Å². The van der Waals surface area contributed by atoms with Crippen molar-refractivity contribution in [1.29, 1.82) is 0 Å². The van der Waals surface area contributed by atoms with Gasteiger partial charge in [-0.1, -0.05) is 18.2 Å². The van der Waals surface area contributed by atoms with Crippen LogP contribution in [-0.4, -0.2) is 35.4 Å². The summed E-state index contributed by atoms with van der Waals surface area (Å²) in [6.45, 7) is 0.822. The van der Waals surface area contributed by atoms with E-state index < -0.39 is 0 Å². The van der Waals surface area contributed by atoms with E-state index in [-0.39, 0.29) is 17.5 Å². The first-order valence-electron chi connectivity index (χ1n) is 9.20. The predicted octanol–water partition coefficient (Wildman–Crippen LogP) is 2.39. The van der Waals surface area contributed by atoms with Crippen molar-refractivity contribution in [3.05, 3.63) is 89.5 Å². The lowest BCUT2D eigenvalue weighted by Gasteiger charge is -2.08. The second kappa shape index (κ2) is 9.98. The summed E-state index contributed by atoms with van der Waals surface area (Å²) >= 11 is 0. The Morgan fingerprint density at radius 1 is 0.966 bits per heavy atom. The Hall–Kier alpha value is -3.74. The summed E-state index contributed by atoms with van der Waals surface area (Å²) < 4.78 is 5.13. The molecule has 0 saturated heterocycles. The van der Waals surface area contributed by atoms with Crippen molar-refractivity contribution in [2.24, 2.45) is 0 Å². The van der Waals surface area contributed by atoms with Crippen molar-refractivity contribution in [2.45, 2.75) is 13.0 Å². The zero-order chi connectivity index (χ0) is 20.5. The average Bonchev–Trinajstić information content (AvgIpc) is 2.78. The van der Waals surface area contributed by atoms with Gasteiger partial charge in [-0.2, -0.15) is 0 Å². The van der Waals surface area contributed by atoms with Crippen LogP contribution >= 0.6 is 0 Å². The number of hydrogen-bond acceptors (Lipinski definition) is 5. The van der Waals surface area contributed by atoms with E-state index >= 15 is 0 Å². The molecule has 29 heavy (non-hydrogen) atoms. The second-order valence-electron chi connectivity index (χ2n) is 6.33. The Kier molecular flexibility index (Phi) is 6.89. The van der Waals surface area contributed by atoms with E-state index in [0.29, 0.717) is 25.1 Å². The molecule has 0 atom stereocenters. The van der Waals surface area contributed by atoms with Gasteiger partial charge in [-0.3, -0.25) is 19.6 Å². The molecule has 0 fully saturated rings. The molecule has 3 aromatic rings. The molecule has 0 radical (unpaired) electrons. The van der Waals surface area contributed by atoms with Gasteiger partial charge in [-0.15, -0.1) is 0 Å². The standard InChI is InChI=1S/C22H22N4O3/c1-29-19-6-4-16(5-7-19)8-11-25-22(28)20-13-18(9-12-24-20)21(27)26-15-17-3-2-10-23-14-17/h2-7,9-10,12-14H,8,11,15H2,1H3,(H,25,28)(H,26,27). The third kappa shape index (κ3) is 5.87. The molecule has 0 saturated carbocycles. The van der Waals surface area contributed by atoms with Crippen LogP contribution in [0.1, 0.15) is 32.0 Å². The van der Waals surface area contributed by atoms with E-state index in [1.165, 1.54) is 12.3 Å². The lowest BCUT2D eigenvalue weighted by atomic mass is 10.1. The number of hydrogen-bond donors (Lipinski definition) is 2. The average molecular weight is 390 g/mol. The highest BCUT2D eigenvalue weighted by molar-refractivity contribution is 5.98. The molecular formula is C22H22N4O3. The maximum Gasteiger partial charge on any atom is 0.269 e. The minimum absolute atomic E-state index is 0.203. The summed E-state index contributed by atoms with van der Waals surface area (Å²) in [5, 5.41) is 5.63. The number of aromatic nitrogens is 2. The van der Waals surface area contributed by atoms with Gasteiger partial charge in [0.1, 0.15) is 11.4 Å². The lowest BCUT2D eigenvalue weighted by Crippen LogP contribution is -2.27. The number of carbonyl (C=O) groups excluding carboxylic acids is 2. The van der Waals surface area contributed by atoms with Crippen LogP contribution in [0.4, 0.5) is 0 Å². The molecule has 0 aliphatic heterocycles. The molecule has 148 valence electrons. The van der Waals surface area contributed by atoms with Crippen LogP contribution in [0, 0.1) is 0 Å². The smallest absolute Gasteiger partial charge is 0.269 e. The first-order valence-corrected chi connectivity index (χ1v) is 9.20. The maximum absolute atomic E-state index is 12.4. The van der Waals surface area contributed by atoms with Crippen LogP contribution in [0.25, 0.3) is 0 Å². The van der Waals surface area contributed by atoms with Crippen molar-refractivity contribution in [1.82, 2.24) is 20.6 Å². The fraction of sp³-hybridized carbons (Fsp3) is 0.182. The Morgan fingerprint density at radius 3 is 2.52 bits per heavy atom.